The van der Waals surface area contributed by atoms with E-state index < -0.39 is 0 Å². The lowest BCUT2D eigenvalue weighted by atomic mass is 10.1. The van der Waals surface area contributed by atoms with Crippen LogP contribution in [0.2, 0.25) is 0 Å². The number of piperazine rings is 1. The second kappa shape index (κ2) is 8.51. The minimum atomic E-state index is -0.328. The smallest absolute Gasteiger partial charge is 0.257 e. The van der Waals surface area contributed by atoms with Crippen molar-refractivity contribution in [3.63, 3.8) is 0 Å². The first kappa shape index (κ1) is 19.3. The van der Waals surface area contributed by atoms with E-state index in [1.54, 1.807) is 15.9 Å². The highest BCUT2D eigenvalue weighted by atomic mass is 16.2. The molecule has 8 nitrogen and oxygen atoms in total. The molecule has 1 aliphatic rings. The molecule has 1 fully saturated rings. The van der Waals surface area contributed by atoms with E-state index in [0.717, 1.165) is 12.1 Å². The van der Waals surface area contributed by atoms with E-state index in [1.807, 2.05) is 43.3 Å². The molecule has 3 amide bonds. The van der Waals surface area contributed by atoms with Crippen LogP contribution in [0.25, 0.3) is 0 Å². The predicted octanol–water partition coefficient (Wildman–Crippen LogP) is 1.31. The van der Waals surface area contributed by atoms with Crippen molar-refractivity contribution in [2.45, 2.75) is 0 Å². The van der Waals surface area contributed by atoms with Gasteiger partial charge in [-0.05, 0) is 30.3 Å². The summed E-state index contributed by atoms with van der Waals surface area (Å²) in [4.78, 5) is 45.3. The zero-order valence-electron chi connectivity index (χ0n) is 16.0. The average molecular weight is 381 g/mol. The molecule has 2 heterocycles. The summed E-state index contributed by atoms with van der Waals surface area (Å²) >= 11 is 0. The summed E-state index contributed by atoms with van der Waals surface area (Å²) in [5.74, 6) is -0.520. The van der Waals surface area contributed by atoms with Gasteiger partial charge in [-0.3, -0.25) is 19.4 Å². The third-order valence-electron chi connectivity index (χ3n) is 4.64. The van der Waals surface area contributed by atoms with Crippen LogP contribution >= 0.6 is 0 Å². The lowest BCUT2D eigenvalue weighted by molar-refractivity contribution is -0.119. The molecular weight excluding hydrogens is 358 g/mol. The maximum absolute atomic E-state index is 12.7. The predicted molar refractivity (Wildman–Crippen MR) is 106 cm³/mol. The number of carbonyl (C=O) groups excluding carboxylic acids is 3. The maximum atomic E-state index is 12.7. The normalized spacial score (nSPS) is 13.8. The Hall–Kier alpha value is -3.42. The number of benzene rings is 1. The molecule has 1 aromatic heterocycles. The highest BCUT2D eigenvalue weighted by Crippen LogP contribution is 2.17. The summed E-state index contributed by atoms with van der Waals surface area (Å²) < 4.78 is 0. The number of hydrogen-bond donors (Lipinski definition) is 1. The summed E-state index contributed by atoms with van der Waals surface area (Å²) in [7, 11) is 3.89. The molecule has 0 saturated carbocycles. The number of nitrogens with one attached hydrogen (secondary N) is 1. The fraction of sp³-hybridized carbons (Fsp3) is 0.300. The summed E-state index contributed by atoms with van der Waals surface area (Å²) in [6.45, 7) is 1.94. The third-order valence-corrected chi connectivity index (χ3v) is 4.64. The van der Waals surface area contributed by atoms with E-state index in [2.05, 4.69) is 10.3 Å². The third kappa shape index (κ3) is 4.46. The van der Waals surface area contributed by atoms with E-state index in [4.69, 9.17) is 0 Å². The van der Waals surface area contributed by atoms with Gasteiger partial charge >= 0.3 is 0 Å². The number of rotatable bonds is 5. The molecule has 0 spiro atoms. The van der Waals surface area contributed by atoms with Crippen molar-refractivity contribution in [2.24, 2.45) is 0 Å². The zero-order chi connectivity index (χ0) is 20.1. The Morgan fingerprint density at radius 1 is 1.04 bits per heavy atom. The van der Waals surface area contributed by atoms with E-state index in [-0.39, 0.29) is 11.8 Å². The Morgan fingerprint density at radius 3 is 2.29 bits per heavy atom. The molecule has 3 rings (SSSR count). The standard InChI is InChI=1S/C20H23N5O3/c1-23(2)18-5-3-17(4-6-18)22-19(27)15-11-16(13-21-12-15)20(28)25-9-7-24(14-26)8-10-25/h3-6,11-14H,7-10H2,1-2H3,(H,22,27). The first-order valence-corrected chi connectivity index (χ1v) is 9.00. The number of amides is 3. The molecule has 1 aromatic carbocycles. The van der Waals surface area contributed by atoms with Gasteiger partial charge < -0.3 is 20.0 Å². The highest BCUT2D eigenvalue weighted by Gasteiger charge is 2.22. The van der Waals surface area contributed by atoms with Gasteiger partial charge in [0.25, 0.3) is 11.8 Å². The van der Waals surface area contributed by atoms with Crippen LogP contribution in [-0.4, -0.2) is 73.3 Å². The lowest BCUT2D eigenvalue weighted by Crippen LogP contribution is -2.48. The van der Waals surface area contributed by atoms with Gasteiger partial charge in [0.05, 0.1) is 11.1 Å². The minimum absolute atomic E-state index is 0.192. The topological polar surface area (TPSA) is 85.8 Å². The molecule has 2 aromatic rings. The largest absolute Gasteiger partial charge is 0.378 e. The van der Waals surface area contributed by atoms with Crippen LogP contribution in [0.15, 0.2) is 42.7 Å². The van der Waals surface area contributed by atoms with Gasteiger partial charge in [0, 0.05) is 64.0 Å². The van der Waals surface area contributed by atoms with Crippen molar-refractivity contribution in [3.8, 4) is 0 Å². The van der Waals surface area contributed by atoms with Gasteiger partial charge in [0.2, 0.25) is 6.41 Å². The zero-order valence-corrected chi connectivity index (χ0v) is 16.0. The molecule has 0 aliphatic carbocycles. The van der Waals surface area contributed by atoms with Gasteiger partial charge in [-0.2, -0.15) is 0 Å². The van der Waals surface area contributed by atoms with Crippen LogP contribution in [0.4, 0.5) is 11.4 Å². The van der Waals surface area contributed by atoms with Gasteiger partial charge in [0.1, 0.15) is 0 Å². The summed E-state index contributed by atoms with van der Waals surface area (Å²) in [5.41, 5.74) is 2.36. The van der Waals surface area contributed by atoms with E-state index >= 15 is 0 Å². The Kier molecular flexibility index (Phi) is 5.88. The molecule has 1 aliphatic heterocycles. The van der Waals surface area contributed by atoms with Crippen LogP contribution < -0.4 is 10.2 Å². The molecule has 8 heteroatoms. The van der Waals surface area contributed by atoms with Crippen molar-refractivity contribution in [3.05, 3.63) is 53.9 Å². The van der Waals surface area contributed by atoms with E-state index in [0.29, 0.717) is 43.0 Å². The summed E-state index contributed by atoms with van der Waals surface area (Å²) in [6.07, 6.45) is 3.68. The molecule has 28 heavy (non-hydrogen) atoms. The molecule has 0 radical (unpaired) electrons. The number of pyridine rings is 1. The lowest BCUT2D eigenvalue weighted by Gasteiger charge is -2.32. The number of anilines is 2. The van der Waals surface area contributed by atoms with Crippen molar-refractivity contribution < 1.29 is 14.4 Å². The molecule has 0 unspecified atom stereocenters. The second-order valence-corrected chi connectivity index (χ2v) is 6.79. The molecule has 1 saturated heterocycles. The maximum Gasteiger partial charge on any atom is 0.257 e. The Labute approximate surface area is 163 Å². The average Bonchev–Trinajstić information content (AvgIpc) is 2.73. The first-order chi connectivity index (χ1) is 13.5. The van der Waals surface area contributed by atoms with Crippen molar-refractivity contribution in [1.29, 1.82) is 0 Å². The van der Waals surface area contributed by atoms with Gasteiger partial charge in [0.15, 0.2) is 0 Å². The Balaban J connectivity index is 1.67. The Morgan fingerprint density at radius 2 is 1.68 bits per heavy atom. The SMILES string of the molecule is CN(C)c1ccc(NC(=O)c2cncc(C(=O)N3CCN(C=O)CC3)c2)cc1. The molecule has 0 bridgehead atoms. The monoisotopic (exact) mass is 381 g/mol. The highest BCUT2D eigenvalue weighted by molar-refractivity contribution is 6.05. The van der Waals surface area contributed by atoms with Crippen molar-refractivity contribution in [1.82, 2.24) is 14.8 Å². The fourth-order valence-corrected chi connectivity index (χ4v) is 2.94. The van der Waals surface area contributed by atoms with Crippen molar-refractivity contribution in [2.75, 3.05) is 50.5 Å². The van der Waals surface area contributed by atoms with Crippen LogP contribution in [0.1, 0.15) is 20.7 Å². The minimum Gasteiger partial charge on any atom is -0.378 e. The quantitative estimate of drug-likeness (QED) is 0.790. The summed E-state index contributed by atoms with van der Waals surface area (Å²) in [5, 5.41) is 2.82. The van der Waals surface area contributed by atoms with E-state index in [9.17, 15) is 14.4 Å². The first-order valence-electron chi connectivity index (χ1n) is 9.00. The number of nitrogens with zero attached hydrogens (tertiary/aromatic N) is 4. The van der Waals surface area contributed by atoms with Gasteiger partial charge in [-0.25, -0.2) is 0 Å². The fourth-order valence-electron chi connectivity index (χ4n) is 2.94. The number of hydrogen-bond acceptors (Lipinski definition) is 5. The summed E-state index contributed by atoms with van der Waals surface area (Å²) in [6, 6.07) is 9.01. The number of aromatic nitrogens is 1. The molecule has 0 atom stereocenters. The second-order valence-electron chi connectivity index (χ2n) is 6.79. The Bertz CT molecular complexity index is 858. The van der Waals surface area contributed by atoms with Gasteiger partial charge in [-0.1, -0.05) is 0 Å². The molecule has 146 valence electrons. The van der Waals surface area contributed by atoms with Crippen molar-refractivity contribution >= 4 is 29.6 Å². The van der Waals surface area contributed by atoms with Crippen LogP contribution in [0.5, 0.6) is 0 Å². The molecular formula is C20H23N5O3. The molecule has 1 N–H and O–H groups in total. The van der Waals surface area contributed by atoms with Crippen LogP contribution in [0.3, 0.4) is 0 Å². The van der Waals surface area contributed by atoms with Crippen LogP contribution in [-0.2, 0) is 4.79 Å². The van der Waals surface area contributed by atoms with E-state index in [1.165, 1.54) is 12.4 Å². The number of carbonyl (C=O) groups is 3. The van der Waals surface area contributed by atoms with Crippen LogP contribution in [0, 0.1) is 0 Å². The van der Waals surface area contributed by atoms with Gasteiger partial charge in [-0.15, -0.1) is 0 Å².